The molecule has 122 valence electrons. The van der Waals surface area contributed by atoms with Gasteiger partial charge in [0.05, 0.1) is 5.69 Å². The number of ether oxygens (including phenoxy) is 1. The lowest BCUT2D eigenvalue weighted by molar-refractivity contribution is -0.683. The summed E-state index contributed by atoms with van der Waals surface area (Å²) in [7, 11) is 0. The molecule has 2 heterocycles. The summed E-state index contributed by atoms with van der Waals surface area (Å²) < 4.78 is 7.27. The lowest BCUT2D eigenvalue weighted by Crippen LogP contribution is -2.38. The molecule has 24 heavy (non-hydrogen) atoms. The maximum Gasteiger partial charge on any atom is 0.262 e. The number of ketones is 1. The topological polar surface area (TPSA) is 59.3 Å². The van der Waals surface area contributed by atoms with Crippen molar-refractivity contribution < 1.29 is 18.9 Å². The number of benzene rings is 1. The molecule has 1 aromatic carbocycles. The zero-order valence-electron chi connectivity index (χ0n) is 13.4. The Hall–Kier alpha value is -2.69. The van der Waals surface area contributed by atoms with Crippen LogP contribution in [-0.4, -0.2) is 18.3 Å². The van der Waals surface area contributed by atoms with Gasteiger partial charge in [0.15, 0.2) is 19.0 Å². The Labute approximate surface area is 140 Å². The molecule has 0 unspecified atom stereocenters. The van der Waals surface area contributed by atoms with Crippen molar-refractivity contribution in [3.05, 3.63) is 53.3 Å². The number of anilines is 1. The van der Waals surface area contributed by atoms with Gasteiger partial charge in [-0.25, -0.2) is 0 Å². The molecule has 0 fully saturated rings. The molecule has 0 saturated heterocycles. The number of rotatable bonds is 3. The van der Waals surface area contributed by atoms with Gasteiger partial charge in [0, 0.05) is 17.2 Å². The molecule has 1 N–H and O–H groups in total. The first-order chi connectivity index (χ1) is 11.7. The molecule has 1 aliphatic heterocycles. The Morgan fingerprint density at radius 3 is 2.88 bits per heavy atom. The minimum absolute atomic E-state index is 0.0124. The van der Waals surface area contributed by atoms with Crippen molar-refractivity contribution in [2.45, 2.75) is 32.2 Å². The van der Waals surface area contributed by atoms with E-state index in [1.54, 1.807) is 18.2 Å². The number of pyridine rings is 1. The Morgan fingerprint density at radius 1 is 1.17 bits per heavy atom. The molecule has 1 aliphatic carbocycles. The van der Waals surface area contributed by atoms with Crippen molar-refractivity contribution in [3.8, 4) is 5.75 Å². The van der Waals surface area contributed by atoms with Gasteiger partial charge in [-0.15, -0.1) is 0 Å². The van der Waals surface area contributed by atoms with Gasteiger partial charge in [-0.2, -0.15) is 4.57 Å². The van der Waals surface area contributed by atoms with Crippen molar-refractivity contribution in [1.82, 2.24) is 0 Å². The number of aryl methyl sites for hydroxylation is 2. The van der Waals surface area contributed by atoms with Gasteiger partial charge in [0.1, 0.15) is 5.75 Å². The molecule has 2 aliphatic rings. The molecule has 0 bridgehead atoms. The van der Waals surface area contributed by atoms with Crippen LogP contribution >= 0.6 is 0 Å². The number of carbonyl (C=O) groups is 2. The zero-order valence-corrected chi connectivity index (χ0v) is 13.4. The van der Waals surface area contributed by atoms with Crippen LogP contribution in [0.25, 0.3) is 0 Å². The predicted molar refractivity (Wildman–Crippen MR) is 88.2 cm³/mol. The first-order valence-electron chi connectivity index (χ1n) is 8.30. The average molecular weight is 323 g/mol. The second kappa shape index (κ2) is 6.07. The third-order valence-corrected chi connectivity index (χ3v) is 4.60. The van der Waals surface area contributed by atoms with E-state index in [1.165, 1.54) is 24.0 Å². The zero-order chi connectivity index (χ0) is 16.5. The molecule has 4 rings (SSSR count). The van der Waals surface area contributed by atoms with Crippen molar-refractivity contribution in [3.63, 3.8) is 0 Å². The molecule has 5 nitrogen and oxygen atoms in total. The lowest BCUT2D eigenvalue weighted by Gasteiger charge is -2.18. The van der Waals surface area contributed by atoms with Crippen LogP contribution in [0.3, 0.4) is 0 Å². The second-order valence-electron chi connectivity index (χ2n) is 6.35. The monoisotopic (exact) mass is 323 g/mol. The highest BCUT2D eigenvalue weighted by atomic mass is 16.5. The van der Waals surface area contributed by atoms with Crippen LogP contribution < -0.4 is 14.6 Å². The first-order valence-corrected chi connectivity index (χ1v) is 8.30. The van der Waals surface area contributed by atoms with Crippen molar-refractivity contribution in [2.24, 2.45) is 0 Å². The number of fused-ring (bicyclic) bond motifs is 2. The van der Waals surface area contributed by atoms with Crippen LogP contribution in [0, 0.1) is 0 Å². The summed E-state index contributed by atoms with van der Waals surface area (Å²) in [5, 5.41) is 2.74. The highest BCUT2D eigenvalue weighted by molar-refractivity contribution is 6.00. The molecule has 5 heteroatoms. The van der Waals surface area contributed by atoms with E-state index >= 15 is 0 Å². The number of amides is 1. The lowest BCUT2D eigenvalue weighted by atomic mass is 9.93. The number of aromatic nitrogens is 1. The molecule has 0 spiro atoms. The van der Waals surface area contributed by atoms with Crippen LogP contribution in [0.5, 0.6) is 5.75 Å². The maximum atomic E-state index is 12.6. The number of carbonyl (C=O) groups excluding carboxylic acids is 2. The number of hydrogen-bond acceptors (Lipinski definition) is 3. The van der Waals surface area contributed by atoms with Crippen molar-refractivity contribution in [1.29, 1.82) is 0 Å². The molecule has 1 amide bonds. The largest absolute Gasteiger partial charge is 0.482 e. The normalized spacial score (nSPS) is 15.8. The van der Waals surface area contributed by atoms with E-state index in [4.69, 9.17) is 4.74 Å². The minimum Gasteiger partial charge on any atom is -0.482 e. The molecule has 0 saturated carbocycles. The SMILES string of the molecule is O=C1COc2ccc(C(=O)C[n+]3ccc4c(c3)CCCC4)cc2N1. The highest BCUT2D eigenvalue weighted by Gasteiger charge is 2.20. The fraction of sp³-hybridized carbons (Fsp3) is 0.316. The van der Waals surface area contributed by atoms with Crippen LogP contribution in [0.15, 0.2) is 36.7 Å². The average Bonchev–Trinajstić information content (AvgIpc) is 2.61. The minimum atomic E-state index is -0.198. The number of Topliss-reactive ketones (excluding diaryl/α,β-unsaturated/α-hetero) is 1. The summed E-state index contributed by atoms with van der Waals surface area (Å²) in [6.07, 6.45) is 8.76. The van der Waals surface area contributed by atoms with E-state index < -0.39 is 0 Å². The molecule has 1 aromatic heterocycles. The maximum absolute atomic E-state index is 12.6. The van der Waals surface area contributed by atoms with Gasteiger partial charge < -0.3 is 10.1 Å². The van der Waals surface area contributed by atoms with Crippen LogP contribution in [0.4, 0.5) is 5.69 Å². The number of nitrogens with one attached hydrogen (secondary N) is 1. The Bertz CT molecular complexity index is 829. The van der Waals surface area contributed by atoms with E-state index in [1.807, 2.05) is 10.8 Å². The summed E-state index contributed by atoms with van der Waals surface area (Å²) in [5.74, 6) is 0.419. The van der Waals surface area contributed by atoms with Gasteiger partial charge in [-0.3, -0.25) is 9.59 Å². The van der Waals surface area contributed by atoms with E-state index in [9.17, 15) is 9.59 Å². The fourth-order valence-electron chi connectivity index (χ4n) is 3.33. The number of hydrogen-bond donors (Lipinski definition) is 1. The standard InChI is InChI=1S/C19H18N2O3/c22-17(11-21-8-7-13-3-1-2-4-15(13)10-21)14-5-6-18-16(9-14)20-19(23)12-24-18/h5-10H,1-4,11-12H2/p+1. The summed E-state index contributed by atoms with van der Waals surface area (Å²) >= 11 is 0. The van der Waals surface area contributed by atoms with E-state index in [0.717, 1.165) is 12.8 Å². The molecular weight excluding hydrogens is 304 g/mol. The fourth-order valence-corrected chi connectivity index (χ4v) is 3.33. The summed E-state index contributed by atoms with van der Waals surface area (Å²) in [6.45, 7) is 0.312. The first kappa shape index (κ1) is 14.9. The van der Waals surface area contributed by atoms with E-state index in [-0.39, 0.29) is 18.3 Å². The summed E-state index contributed by atoms with van der Waals surface area (Å²) in [4.78, 5) is 24.0. The van der Waals surface area contributed by atoms with Gasteiger partial charge in [0.2, 0.25) is 12.3 Å². The molecule has 0 atom stereocenters. The van der Waals surface area contributed by atoms with Gasteiger partial charge in [-0.05, 0) is 49.4 Å². The summed E-state index contributed by atoms with van der Waals surface area (Å²) in [6, 6.07) is 7.30. The predicted octanol–water partition coefficient (Wildman–Crippen LogP) is 2.07. The Kier molecular flexibility index (Phi) is 3.76. The van der Waals surface area contributed by atoms with Gasteiger partial charge in [-0.1, -0.05) is 0 Å². The van der Waals surface area contributed by atoms with Crippen molar-refractivity contribution in [2.75, 3.05) is 11.9 Å². The quantitative estimate of drug-likeness (QED) is 0.695. The highest BCUT2D eigenvalue weighted by Crippen LogP contribution is 2.28. The smallest absolute Gasteiger partial charge is 0.262 e. The van der Waals surface area contributed by atoms with Crippen molar-refractivity contribution >= 4 is 17.4 Å². The summed E-state index contributed by atoms with van der Waals surface area (Å²) in [5.41, 5.74) is 3.89. The van der Waals surface area contributed by atoms with Crippen LogP contribution in [0.2, 0.25) is 0 Å². The van der Waals surface area contributed by atoms with Gasteiger partial charge >= 0.3 is 0 Å². The third kappa shape index (κ3) is 2.89. The molecule has 0 radical (unpaired) electrons. The van der Waals surface area contributed by atoms with E-state index in [2.05, 4.69) is 17.6 Å². The third-order valence-electron chi connectivity index (χ3n) is 4.60. The molecular formula is C19H19N2O3+. The molecule has 2 aromatic rings. The second-order valence-corrected chi connectivity index (χ2v) is 6.35. The van der Waals surface area contributed by atoms with Crippen LogP contribution in [0.1, 0.15) is 34.3 Å². The van der Waals surface area contributed by atoms with E-state index in [0.29, 0.717) is 23.5 Å². The van der Waals surface area contributed by atoms with Gasteiger partial charge in [0.25, 0.3) is 5.91 Å². The Morgan fingerprint density at radius 2 is 2.00 bits per heavy atom. The van der Waals surface area contributed by atoms with Crippen LogP contribution in [-0.2, 0) is 24.2 Å². The Balaban J connectivity index is 1.54. The number of nitrogens with zero attached hydrogens (tertiary/aromatic N) is 1.